The molecular weight excluding hydrogens is 491 g/mol. The monoisotopic (exact) mass is 506 g/mol. The van der Waals surface area contributed by atoms with Crippen LogP contribution >= 0.6 is 46.3 Å². The highest BCUT2D eigenvalue weighted by atomic mass is 35.5. The fourth-order valence-corrected chi connectivity index (χ4v) is 5.88. The first kappa shape index (κ1) is 22.6. The number of nitrogens with two attached hydrogens (primary N) is 2. The number of nitriles is 1. The molecule has 1 aliphatic carbocycles. The van der Waals surface area contributed by atoms with Crippen molar-refractivity contribution in [3.05, 3.63) is 56.5 Å². The molecule has 2 aliphatic rings. The molecule has 0 saturated heterocycles. The van der Waals surface area contributed by atoms with Gasteiger partial charge in [-0.25, -0.2) is 0 Å². The van der Waals surface area contributed by atoms with Crippen LogP contribution in [0.5, 0.6) is 0 Å². The summed E-state index contributed by atoms with van der Waals surface area (Å²) in [6.07, 6.45) is 1.57. The molecule has 2 heterocycles. The summed E-state index contributed by atoms with van der Waals surface area (Å²) >= 11 is 15.1. The van der Waals surface area contributed by atoms with Gasteiger partial charge in [-0.15, -0.1) is 10.2 Å². The number of nitrogens with zero attached hydrogens (tertiary/aromatic N) is 4. The van der Waals surface area contributed by atoms with E-state index in [9.17, 15) is 14.9 Å². The molecule has 12 heteroatoms. The molecule has 32 heavy (non-hydrogen) atoms. The number of halogens is 2. The molecular formula is C20H16Cl2N6O2S2. The van der Waals surface area contributed by atoms with E-state index < -0.39 is 11.8 Å². The normalized spacial score (nSPS) is 18.6. The van der Waals surface area contributed by atoms with E-state index in [1.807, 2.05) is 0 Å². The number of anilines is 1. The summed E-state index contributed by atoms with van der Waals surface area (Å²) in [6.45, 7) is 0. The van der Waals surface area contributed by atoms with Gasteiger partial charge in [0.2, 0.25) is 11.0 Å². The number of primary amides is 1. The minimum absolute atomic E-state index is 0.0607. The molecule has 0 spiro atoms. The lowest BCUT2D eigenvalue weighted by Crippen LogP contribution is -2.38. The molecule has 1 aliphatic heterocycles. The van der Waals surface area contributed by atoms with Gasteiger partial charge in [-0.3, -0.25) is 14.5 Å². The Bertz CT molecular complexity index is 1230. The maximum absolute atomic E-state index is 13.1. The topological polar surface area (TPSA) is 139 Å². The van der Waals surface area contributed by atoms with Gasteiger partial charge in [-0.2, -0.15) is 5.26 Å². The van der Waals surface area contributed by atoms with Gasteiger partial charge < -0.3 is 11.5 Å². The van der Waals surface area contributed by atoms with Crippen molar-refractivity contribution in [1.29, 1.82) is 5.26 Å². The molecule has 164 valence electrons. The highest BCUT2D eigenvalue weighted by molar-refractivity contribution is 8.01. The molecule has 0 radical (unpaired) electrons. The zero-order valence-electron chi connectivity index (χ0n) is 16.5. The van der Waals surface area contributed by atoms with Gasteiger partial charge in [0.25, 0.3) is 0 Å². The average molecular weight is 507 g/mol. The number of carbonyl (C=O) groups excluding carboxylic acids is 2. The summed E-state index contributed by atoms with van der Waals surface area (Å²) in [5.41, 5.74) is 13.6. The Morgan fingerprint density at radius 3 is 2.84 bits per heavy atom. The lowest BCUT2D eigenvalue weighted by atomic mass is 9.76. The number of Topliss-reactive ketones (excluding diaryl/α,β-unsaturated/α-hetero) is 1. The van der Waals surface area contributed by atoms with Crippen LogP contribution in [0.15, 0.2) is 45.2 Å². The van der Waals surface area contributed by atoms with E-state index in [1.165, 1.54) is 11.3 Å². The number of ketones is 1. The second-order valence-electron chi connectivity index (χ2n) is 7.06. The summed E-state index contributed by atoms with van der Waals surface area (Å²) in [7, 11) is 0. The maximum atomic E-state index is 13.1. The Morgan fingerprint density at radius 2 is 2.12 bits per heavy atom. The number of rotatable bonds is 5. The molecule has 1 atom stereocenters. The van der Waals surface area contributed by atoms with Crippen LogP contribution in [0.4, 0.5) is 5.13 Å². The van der Waals surface area contributed by atoms with Gasteiger partial charge in [0.15, 0.2) is 10.1 Å². The van der Waals surface area contributed by atoms with Crippen LogP contribution in [0, 0.1) is 11.3 Å². The number of hydrogen-bond donors (Lipinski definition) is 2. The fourth-order valence-electron chi connectivity index (χ4n) is 3.84. The largest absolute Gasteiger partial charge is 0.384 e. The summed E-state index contributed by atoms with van der Waals surface area (Å²) in [5, 5.41) is 19.3. The van der Waals surface area contributed by atoms with Crippen molar-refractivity contribution in [2.75, 3.05) is 10.7 Å². The van der Waals surface area contributed by atoms with E-state index in [1.54, 1.807) is 23.1 Å². The minimum Gasteiger partial charge on any atom is -0.384 e. The molecule has 0 saturated carbocycles. The third kappa shape index (κ3) is 3.97. The van der Waals surface area contributed by atoms with Crippen molar-refractivity contribution >= 4 is 63.1 Å². The van der Waals surface area contributed by atoms with E-state index in [-0.39, 0.29) is 28.0 Å². The van der Waals surface area contributed by atoms with Crippen molar-refractivity contribution in [3.63, 3.8) is 0 Å². The lowest BCUT2D eigenvalue weighted by Gasteiger charge is -2.38. The molecule has 8 nitrogen and oxygen atoms in total. The van der Waals surface area contributed by atoms with Gasteiger partial charge in [0.1, 0.15) is 5.82 Å². The van der Waals surface area contributed by atoms with Gasteiger partial charge in [0, 0.05) is 17.7 Å². The lowest BCUT2D eigenvalue weighted by molar-refractivity contribution is -0.116. The standard InChI is InChI=1S/C20H16Cl2N6O2S2/c21-11-4-1-3-9(17(11)22)15-10(7-23)18(25)28(12-5-2-6-13(29)16(12)15)19-26-27-20(32-19)31-8-14(24)30/h1,3-4,15H,2,5-6,8,25H2,(H2,24,30). The minimum atomic E-state index is -0.720. The number of benzene rings is 1. The molecule has 1 amide bonds. The van der Waals surface area contributed by atoms with Crippen molar-refractivity contribution in [2.45, 2.75) is 29.5 Å². The first-order valence-corrected chi connectivity index (χ1v) is 12.0. The Labute approximate surface area is 201 Å². The SMILES string of the molecule is N#CC1=C(N)N(c2nnc(SCC(N)=O)s2)C2=C(C(=O)CCC2)C1c1cccc(Cl)c1Cl. The van der Waals surface area contributed by atoms with Crippen molar-refractivity contribution in [3.8, 4) is 6.07 Å². The Balaban J connectivity index is 1.87. The van der Waals surface area contributed by atoms with Gasteiger partial charge in [0.05, 0.1) is 33.4 Å². The van der Waals surface area contributed by atoms with Crippen molar-refractivity contribution in [2.24, 2.45) is 11.5 Å². The van der Waals surface area contributed by atoms with Crippen LogP contribution < -0.4 is 16.4 Å². The predicted octanol–water partition coefficient (Wildman–Crippen LogP) is 3.73. The fraction of sp³-hybridized carbons (Fsp3) is 0.250. The zero-order chi connectivity index (χ0) is 23.0. The third-order valence-corrected chi connectivity index (χ3v) is 8.03. The number of thioether (sulfide) groups is 1. The van der Waals surface area contributed by atoms with E-state index in [0.29, 0.717) is 50.6 Å². The number of hydrogen-bond acceptors (Lipinski definition) is 9. The Morgan fingerprint density at radius 1 is 1.34 bits per heavy atom. The van der Waals surface area contributed by atoms with Crippen LogP contribution in [-0.4, -0.2) is 27.6 Å². The Kier molecular flexibility index (Phi) is 6.44. The molecule has 1 aromatic heterocycles. The summed E-state index contributed by atoms with van der Waals surface area (Å²) in [4.78, 5) is 25.8. The zero-order valence-corrected chi connectivity index (χ0v) is 19.6. The molecule has 0 bridgehead atoms. The van der Waals surface area contributed by atoms with E-state index >= 15 is 0 Å². The summed E-state index contributed by atoms with van der Waals surface area (Å²) < 4.78 is 0.523. The number of allylic oxidation sites excluding steroid dienone is 3. The summed E-state index contributed by atoms with van der Waals surface area (Å²) in [5.74, 6) is -1.05. The molecule has 4 rings (SSSR count). The van der Waals surface area contributed by atoms with Gasteiger partial charge in [-0.1, -0.05) is 58.4 Å². The summed E-state index contributed by atoms with van der Waals surface area (Å²) in [6, 6.07) is 7.28. The van der Waals surface area contributed by atoms with Crippen LogP contribution in [0.3, 0.4) is 0 Å². The highest BCUT2D eigenvalue weighted by Crippen LogP contribution is 2.49. The highest BCUT2D eigenvalue weighted by Gasteiger charge is 2.42. The number of aromatic nitrogens is 2. The maximum Gasteiger partial charge on any atom is 0.227 e. The van der Waals surface area contributed by atoms with E-state index in [4.69, 9.17) is 34.7 Å². The first-order valence-electron chi connectivity index (χ1n) is 9.48. The smallest absolute Gasteiger partial charge is 0.227 e. The first-order chi connectivity index (χ1) is 15.3. The average Bonchev–Trinajstić information content (AvgIpc) is 3.22. The van der Waals surface area contributed by atoms with Crippen LogP contribution in [0.2, 0.25) is 10.0 Å². The molecule has 1 unspecified atom stereocenters. The van der Waals surface area contributed by atoms with Crippen LogP contribution in [0.1, 0.15) is 30.7 Å². The second kappa shape index (κ2) is 9.11. The van der Waals surface area contributed by atoms with E-state index in [2.05, 4.69) is 16.3 Å². The van der Waals surface area contributed by atoms with Crippen molar-refractivity contribution in [1.82, 2.24) is 10.2 Å². The number of amides is 1. The molecule has 0 fully saturated rings. The third-order valence-electron chi connectivity index (χ3n) is 5.13. The molecule has 1 aromatic carbocycles. The quantitative estimate of drug-likeness (QED) is 0.584. The van der Waals surface area contributed by atoms with Crippen LogP contribution in [-0.2, 0) is 9.59 Å². The predicted molar refractivity (Wildman–Crippen MR) is 124 cm³/mol. The van der Waals surface area contributed by atoms with Crippen LogP contribution in [0.25, 0.3) is 0 Å². The van der Waals surface area contributed by atoms with Gasteiger partial charge >= 0.3 is 0 Å². The molecule has 2 aromatic rings. The van der Waals surface area contributed by atoms with Gasteiger partial charge in [-0.05, 0) is 24.5 Å². The van der Waals surface area contributed by atoms with Crippen molar-refractivity contribution < 1.29 is 9.59 Å². The molecule has 4 N–H and O–H groups in total. The second-order valence-corrected chi connectivity index (χ2v) is 10.0. The number of carbonyl (C=O) groups is 2. The van der Waals surface area contributed by atoms with E-state index in [0.717, 1.165) is 11.8 Å². The Hall–Kier alpha value is -2.58.